The largest absolute Gasteiger partial charge is 0.459 e. The van der Waals surface area contributed by atoms with Crippen LogP contribution in [0, 0.1) is 10.8 Å². The molecule has 11 heteroatoms. The Bertz CT molecular complexity index is 777. The number of nitrogens with one attached hydrogen (secondary N) is 2. The maximum absolute atomic E-state index is 12.3. The number of carbonyl (C=O) groups is 3. The highest BCUT2D eigenvalue weighted by Gasteiger charge is 2.42. The predicted octanol–water partition coefficient (Wildman–Crippen LogP) is 4.64. The van der Waals surface area contributed by atoms with Crippen LogP contribution in [0.5, 0.6) is 0 Å². The zero-order chi connectivity index (χ0) is 29.4. The summed E-state index contributed by atoms with van der Waals surface area (Å²) < 4.78 is 20.9. The predicted molar refractivity (Wildman–Crippen MR) is 153 cm³/mol. The van der Waals surface area contributed by atoms with Crippen molar-refractivity contribution in [1.29, 1.82) is 0 Å². The summed E-state index contributed by atoms with van der Waals surface area (Å²) in [4.78, 5) is 35.6. The highest BCUT2D eigenvalue weighted by Crippen LogP contribution is 2.45. The molecule has 1 aliphatic rings. The summed E-state index contributed by atoms with van der Waals surface area (Å²) in [7, 11) is -1.23. The van der Waals surface area contributed by atoms with Crippen LogP contribution in [0.4, 0.5) is 9.59 Å². The van der Waals surface area contributed by atoms with Crippen molar-refractivity contribution in [2.24, 2.45) is 10.8 Å². The Hall–Kier alpha value is -2.11. The Balaban J connectivity index is 2.30. The minimum absolute atomic E-state index is 0.0327. The number of esters is 1. The van der Waals surface area contributed by atoms with Crippen molar-refractivity contribution >= 4 is 26.2 Å². The van der Waals surface area contributed by atoms with Crippen LogP contribution in [0.3, 0.4) is 0 Å². The van der Waals surface area contributed by atoms with E-state index in [-0.39, 0.29) is 43.3 Å². The van der Waals surface area contributed by atoms with Gasteiger partial charge >= 0.3 is 18.2 Å². The lowest BCUT2D eigenvalue weighted by molar-refractivity contribution is -0.138. The third-order valence-corrected chi connectivity index (χ3v) is 10.4. The Morgan fingerprint density at radius 1 is 0.923 bits per heavy atom. The number of hydrogen-bond acceptors (Lipinski definition) is 8. The van der Waals surface area contributed by atoms with Gasteiger partial charge < -0.3 is 34.7 Å². The minimum atomic E-state index is -1.23. The summed E-state index contributed by atoms with van der Waals surface area (Å²) in [5.41, 5.74) is -0.275. The van der Waals surface area contributed by atoms with Crippen molar-refractivity contribution in [2.75, 3.05) is 46.2 Å². The van der Waals surface area contributed by atoms with E-state index in [1.54, 1.807) is 0 Å². The second-order valence-electron chi connectivity index (χ2n) is 12.5. The van der Waals surface area contributed by atoms with Crippen LogP contribution < -0.4 is 10.6 Å². The third kappa shape index (κ3) is 16.6. The van der Waals surface area contributed by atoms with Crippen LogP contribution in [0.1, 0.15) is 59.3 Å². The first-order valence-corrected chi connectivity index (χ1v) is 17.5. The molecule has 0 radical (unpaired) electrons. The Kier molecular flexibility index (Phi) is 15.7. The number of aliphatic hydroxyl groups excluding tert-OH is 1. The van der Waals surface area contributed by atoms with E-state index >= 15 is 0 Å². The van der Waals surface area contributed by atoms with E-state index in [2.05, 4.69) is 51.1 Å². The van der Waals surface area contributed by atoms with E-state index in [9.17, 15) is 14.4 Å². The van der Waals surface area contributed by atoms with Crippen molar-refractivity contribution in [3.63, 3.8) is 0 Å². The number of unbranched alkanes of at least 4 members (excludes halogenated alkanes) is 1. The van der Waals surface area contributed by atoms with Crippen LogP contribution in [-0.2, 0) is 23.7 Å². The summed E-state index contributed by atoms with van der Waals surface area (Å²) in [5, 5.41) is 14.7. The zero-order valence-electron chi connectivity index (χ0n) is 24.8. The van der Waals surface area contributed by atoms with Gasteiger partial charge in [-0.25, -0.2) is 14.4 Å². The molecule has 10 nitrogen and oxygen atoms in total. The molecule has 0 saturated heterocycles. The SMILES string of the molecule is C=CC(=O)OCCOC(=O)NC1CC(C)(C)CC(C)(CNC(=O)OCCOCCC[Si](C)(C)CCCCO)C1. The maximum atomic E-state index is 12.3. The van der Waals surface area contributed by atoms with E-state index in [1.165, 1.54) is 12.1 Å². The molecule has 1 saturated carbocycles. The van der Waals surface area contributed by atoms with Crippen molar-refractivity contribution < 1.29 is 38.4 Å². The molecule has 0 aliphatic heterocycles. The summed E-state index contributed by atoms with van der Waals surface area (Å²) >= 11 is 0. The fourth-order valence-electron chi connectivity index (χ4n) is 5.54. The molecular formula is C28H52N2O8Si. The Labute approximate surface area is 235 Å². The van der Waals surface area contributed by atoms with Gasteiger partial charge in [-0.3, -0.25) is 0 Å². The Morgan fingerprint density at radius 2 is 1.56 bits per heavy atom. The molecule has 0 aromatic heterocycles. The molecule has 226 valence electrons. The van der Waals surface area contributed by atoms with Gasteiger partial charge in [-0.15, -0.1) is 0 Å². The molecule has 0 aromatic rings. The molecule has 0 spiro atoms. The van der Waals surface area contributed by atoms with Crippen molar-refractivity contribution in [3.8, 4) is 0 Å². The first kappa shape index (κ1) is 34.9. The van der Waals surface area contributed by atoms with Gasteiger partial charge in [-0.2, -0.15) is 0 Å². The van der Waals surface area contributed by atoms with Crippen molar-refractivity contribution in [3.05, 3.63) is 12.7 Å². The minimum Gasteiger partial charge on any atom is -0.459 e. The molecule has 3 N–H and O–H groups in total. The first-order chi connectivity index (χ1) is 18.3. The van der Waals surface area contributed by atoms with E-state index in [0.29, 0.717) is 26.2 Å². The van der Waals surface area contributed by atoms with Gasteiger partial charge in [0.05, 0.1) is 6.61 Å². The average Bonchev–Trinajstić information content (AvgIpc) is 2.83. The normalized spacial score (nSPS) is 20.5. The molecule has 0 bridgehead atoms. The lowest BCUT2D eigenvalue weighted by Gasteiger charge is -2.46. The lowest BCUT2D eigenvalue weighted by atomic mass is 9.62. The molecule has 0 aromatic carbocycles. The van der Waals surface area contributed by atoms with Crippen molar-refractivity contribution in [1.82, 2.24) is 10.6 Å². The molecule has 1 fully saturated rings. The van der Waals surface area contributed by atoms with Gasteiger partial charge in [0.15, 0.2) is 0 Å². The van der Waals surface area contributed by atoms with E-state index in [4.69, 9.17) is 24.1 Å². The molecule has 2 unspecified atom stereocenters. The van der Waals surface area contributed by atoms with E-state index in [1.807, 2.05) is 0 Å². The number of carbonyl (C=O) groups excluding carboxylic acids is 3. The van der Waals surface area contributed by atoms with Crippen LogP contribution in [-0.4, -0.2) is 83.6 Å². The standard InChI is InChI=1S/C28H52N2O8Si/c1-7-24(32)36-15-16-38-26(34)30-23-19-27(2,3)21-28(4,20-23)22-29-25(33)37-14-13-35-12-10-18-39(5,6)17-9-8-11-31/h7,23,31H,1,8-22H2,2-6H3,(H,29,33)(H,30,34). The molecule has 39 heavy (non-hydrogen) atoms. The number of hydrogen-bond donors (Lipinski definition) is 3. The maximum Gasteiger partial charge on any atom is 0.407 e. The van der Waals surface area contributed by atoms with E-state index < -0.39 is 26.2 Å². The van der Waals surface area contributed by atoms with Gasteiger partial charge in [-0.1, -0.05) is 59.0 Å². The second-order valence-corrected chi connectivity index (χ2v) is 17.8. The quantitative estimate of drug-likeness (QED) is 0.0711. The number of ether oxygens (including phenoxy) is 4. The van der Waals surface area contributed by atoms with Crippen LogP contribution >= 0.6 is 0 Å². The molecule has 2 amide bonds. The summed E-state index contributed by atoms with van der Waals surface area (Å²) in [5.74, 6) is -0.565. The highest BCUT2D eigenvalue weighted by atomic mass is 28.3. The van der Waals surface area contributed by atoms with Gasteiger partial charge in [0.2, 0.25) is 0 Å². The van der Waals surface area contributed by atoms with Gasteiger partial charge in [-0.05, 0) is 42.9 Å². The van der Waals surface area contributed by atoms with Gasteiger partial charge in [0.1, 0.15) is 19.8 Å². The number of alkyl carbamates (subject to hydrolysis) is 2. The number of rotatable bonds is 18. The average molecular weight is 573 g/mol. The smallest absolute Gasteiger partial charge is 0.407 e. The summed E-state index contributed by atoms with van der Waals surface area (Å²) in [6.07, 6.45) is 5.35. The Morgan fingerprint density at radius 3 is 2.26 bits per heavy atom. The van der Waals surface area contributed by atoms with Crippen LogP contribution in [0.2, 0.25) is 25.2 Å². The fourth-order valence-corrected chi connectivity index (χ4v) is 8.10. The third-order valence-electron chi connectivity index (χ3n) is 7.02. The monoisotopic (exact) mass is 572 g/mol. The molecule has 1 rings (SSSR count). The van der Waals surface area contributed by atoms with E-state index in [0.717, 1.165) is 38.2 Å². The van der Waals surface area contributed by atoms with Crippen molar-refractivity contribution in [2.45, 2.75) is 90.5 Å². The van der Waals surface area contributed by atoms with Gasteiger partial charge in [0, 0.05) is 40.0 Å². The second kappa shape index (κ2) is 17.6. The topological polar surface area (TPSA) is 132 Å². The molecule has 0 heterocycles. The summed E-state index contributed by atoms with van der Waals surface area (Å²) in [6, 6.07) is 2.30. The highest BCUT2D eigenvalue weighted by molar-refractivity contribution is 6.77. The number of amides is 2. The van der Waals surface area contributed by atoms with Crippen LogP contribution in [0.25, 0.3) is 0 Å². The molecule has 2 atom stereocenters. The molecule has 1 aliphatic carbocycles. The summed E-state index contributed by atoms with van der Waals surface area (Å²) in [6.45, 7) is 16.3. The van der Waals surface area contributed by atoms with Gasteiger partial charge in [0.25, 0.3) is 0 Å². The first-order valence-electron chi connectivity index (χ1n) is 14.1. The number of aliphatic hydroxyl groups is 1. The molecular weight excluding hydrogens is 520 g/mol. The fraction of sp³-hybridized carbons (Fsp3) is 0.821. The zero-order valence-corrected chi connectivity index (χ0v) is 25.8. The lowest BCUT2D eigenvalue weighted by Crippen LogP contribution is -2.50. The van der Waals surface area contributed by atoms with Crippen LogP contribution in [0.15, 0.2) is 12.7 Å².